The van der Waals surface area contributed by atoms with E-state index in [-0.39, 0.29) is 26.2 Å². The van der Waals surface area contributed by atoms with E-state index in [4.69, 9.17) is 0 Å². The Morgan fingerprint density at radius 2 is 1.52 bits per heavy atom. The van der Waals surface area contributed by atoms with Crippen molar-refractivity contribution < 1.29 is 16.8 Å². The fraction of sp³-hybridized carbons (Fsp3) is 0.368. The third-order valence-electron chi connectivity index (χ3n) is 5.32. The predicted molar refractivity (Wildman–Crippen MR) is 116 cm³/mol. The van der Waals surface area contributed by atoms with Gasteiger partial charge in [0.15, 0.2) is 0 Å². The van der Waals surface area contributed by atoms with Crippen LogP contribution in [0.15, 0.2) is 52.3 Å². The van der Waals surface area contributed by atoms with Gasteiger partial charge in [-0.15, -0.1) is 0 Å². The van der Waals surface area contributed by atoms with Crippen molar-refractivity contribution in [1.82, 2.24) is 8.61 Å². The van der Waals surface area contributed by atoms with Crippen LogP contribution in [0.2, 0.25) is 0 Å². The summed E-state index contributed by atoms with van der Waals surface area (Å²) in [5.41, 5.74) is 2.62. The molecule has 0 spiro atoms. The molecule has 0 saturated carbocycles. The molecule has 0 amide bonds. The highest BCUT2D eigenvalue weighted by molar-refractivity contribution is 7.99. The molecule has 1 saturated heterocycles. The van der Waals surface area contributed by atoms with E-state index >= 15 is 0 Å². The Balaban J connectivity index is 1.53. The van der Waals surface area contributed by atoms with Crippen LogP contribution in [0.3, 0.4) is 0 Å². The van der Waals surface area contributed by atoms with Crippen LogP contribution in [0.5, 0.6) is 0 Å². The summed E-state index contributed by atoms with van der Waals surface area (Å²) in [7, 11) is -6.89. The fourth-order valence-electron chi connectivity index (χ4n) is 3.56. The van der Waals surface area contributed by atoms with Gasteiger partial charge in [0.05, 0.1) is 22.9 Å². The molecule has 1 fully saturated rings. The van der Waals surface area contributed by atoms with Crippen LogP contribution in [-0.2, 0) is 20.0 Å². The zero-order chi connectivity index (χ0) is 20.8. The van der Waals surface area contributed by atoms with Gasteiger partial charge in [-0.2, -0.15) is 8.61 Å². The Hall–Kier alpha value is -1.59. The lowest BCUT2D eigenvalue weighted by molar-refractivity contribution is 0.272. The molecule has 2 aliphatic heterocycles. The maximum absolute atomic E-state index is 13.1. The first-order chi connectivity index (χ1) is 13.7. The van der Waals surface area contributed by atoms with Crippen LogP contribution in [0.1, 0.15) is 17.7 Å². The number of piperazine rings is 1. The fourth-order valence-corrected chi connectivity index (χ4v) is 6.97. The lowest BCUT2D eigenvalue weighted by atomic mass is 10.1. The summed E-state index contributed by atoms with van der Waals surface area (Å²) in [4.78, 5) is 2.19. The molecule has 1 unspecified atom stereocenters. The molecule has 0 aliphatic carbocycles. The Labute approximate surface area is 176 Å². The average molecular weight is 454 g/mol. The maximum atomic E-state index is 13.1. The van der Waals surface area contributed by atoms with Gasteiger partial charge in [-0.05, 0) is 36.8 Å². The van der Waals surface area contributed by atoms with E-state index in [0.29, 0.717) is 5.56 Å². The lowest BCUT2D eigenvalue weighted by Crippen LogP contribution is -2.50. The third-order valence-corrected chi connectivity index (χ3v) is 10.0. The maximum Gasteiger partial charge on any atom is 0.220 e. The quantitative estimate of drug-likeness (QED) is 0.654. The topological polar surface area (TPSA) is 86.8 Å². The number of sulfonamides is 2. The van der Waals surface area contributed by atoms with E-state index in [2.05, 4.69) is 5.32 Å². The molecule has 4 rings (SSSR count). The van der Waals surface area contributed by atoms with Gasteiger partial charge in [0.1, 0.15) is 0 Å². The molecule has 0 aromatic heterocycles. The molecule has 1 atom stereocenters. The van der Waals surface area contributed by atoms with Gasteiger partial charge in [-0.25, -0.2) is 16.8 Å². The Bertz CT molecular complexity index is 1140. The second-order valence-electron chi connectivity index (χ2n) is 7.23. The molecule has 0 radical (unpaired) electrons. The normalized spacial score (nSPS) is 19.1. The van der Waals surface area contributed by atoms with Crippen LogP contribution >= 0.6 is 11.8 Å². The van der Waals surface area contributed by atoms with E-state index in [9.17, 15) is 16.8 Å². The van der Waals surface area contributed by atoms with Gasteiger partial charge in [0.2, 0.25) is 20.0 Å². The predicted octanol–water partition coefficient (Wildman–Crippen LogP) is 2.86. The first-order valence-electron chi connectivity index (χ1n) is 9.28. The number of anilines is 2. The highest BCUT2D eigenvalue weighted by Crippen LogP contribution is 2.45. The zero-order valence-corrected chi connectivity index (χ0v) is 18.6. The van der Waals surface area contributed by atoms with Gasteiger partial charge in [-0.3, -0.25) is 0 Å². The highest BCUT2D eigenvalue weighted by Gasteiger charge is 2.34. The minimum absolute atomic E-state index is 0.173. The van der Waals surface area contributed by atoms with Crippen LogP contribution in [0.4, 0.5) is 11.4 Å². The first kappa shape index (κ1) is 20.7. The van der Waals surface area contributed by atoms with Crippen molar-refractivity contribution in [2.24, 2.45) is 0 Å². The number of nitrogens with zero attached hydrogens (tertiary/aromatic N) is 2. The number of benzene rings is 2. The van der Waals surface area contributed by atoms with Crippen molar-refractivity contribution in [2.45, 2.75) is 22.0 Å². The molecule has 2 aliphatic rings. The van der Waals surface area contributed by atoms with Crippen molar-refractivity contribution >= 4 is 43.2 Å². The van der Waals surface area contributed by atoms with Gasteiger partial charge in [0, 0.05) is 36.0 Å². The van der Waals surface area contributed by atoms with Crippen LogP contribution < -0.4 is 5.32 Å². The second-order valence-corrected chi connectivity index (χ2v) is 12.5. The van der Waals surface area contributed by atoms with Gasteiger partial charge < -0.3 is 5.32 Å². The minimum atomic E-state index is -3.59. The van der Waals surface area contributed by atoms with Crippen LogP contribution in [0.25, 0.3) is 0 Å². The summed E-state index contributed by atoms with van der Waals surface area (Å²) >= 11 is 1.66. The zero-order valence-electron chi connectivity index (χ0n) is 16.2. The molecule has 7 nitrogen and oxygen atoms in total. The van der Waals surface area contributed by atoms with Crippen molar-refractivity contribution in [3.8, 4) is 0 Å². The molecule has 2 heterocycles. The minimum Gasteiger partial charge on any atom is -0.354 e. The molecule has 29 heavy (non-hydrogen) atoms. The SMILES string of the molecule is CC(c1ccc2c(c1)Nc1ccccc1S2)S(=O)(=O)N1CCN(S(C)(=O)=O)CC1. The summed E-state index contributed by atoms with van der Waals surface area (Å²) in [5, 5.41) is 2.67. The summed E-state index contributed by atoms with van der Waals surface area (Å²) in [6, 6.07) is 13.7. The third kappa shape index (κ3) is 4.04. The van der Waals surface area contributed by atoms with Gasteiger partial charge in [-0.1, -0.05) is 30.0 Å². The van der Waals surface area contributed by atoms with E-state index in [1.54, 1.807) is 18.7 Å². The molecule has 1 N–H and O–H groups in total. The van der Waals surface area contributed by atoms with Crippen LogP contribution in [-0.4, -0.2) is 57.9 Å². The second kappa shape index (κ2) is 7.59. The average Bonchev–Trinajstić information content (AvgIpc) is 2.70. The number of hydrogen-bond donors (Lipinski definition) is 1. The molecular formula is C19H23N3O4S3. The van der Waals surface area contributed by atoms with E-state index in [1.807, 2.05) is 42.5 Å². The van der Waals surface area contributed by atoms with Gasteiger partial charge >= 0.3 is 0 Å². The Morgan fingerprint density at radius 3 is 2.21 bits per heavy atom. The Kier molecular flexibility index (Phi) is 5.41. The lowest BCUT2D eigenvalue weighted by Gasteiger charge is -2.34. The summed E-state index contributed by atoms with van der Waals surface area (Å²) < 4.78 is 52.3. The van der Waals surface area contributed by atoms with E-state index in [0.717, 1.165) is 27.4 Å². The van der Waals surface area contributed by atoms with E-state index in [1.165, 1.54) is 8.61 Å². The first-order valence-corrected chi connectivity index (χ1v) is 13.4. The molecule has 0 bridgehead atoms. The van der Waals surface area contributed by atoms with Crippen molar-refractivity contribution in [1.29, 1.82) is 0 Å². The largest absolute Gasteiger partial charge is 0.354 e. The summed E-state index contributed by atoms with van der Waals surface area (Å²) in [5.74, 6) is 0. The van der Waals surface area contributed by atoms with Crippen molar-refractivity contribution in [2.75, 3.05) is 37.8 Å². The number of nitrogens with one attached hydrogen (secondary N) is 1. The Morgan fingerprint density at radius 1 is 0.897 bits per heavy atom. The molecular weight excluding hydrogens is 430 g/mol. The standard InChI is InChI=1S/C19H23N3O4S3/c1-14(29(25,26)22-11-9-21(10-12-22)28(2,23)24)15-7-8-19-17(13-15)20-16-5-3-4-6-18(16)27-19/h3-8,13-14,20H,9-12H2,1-2H3. The summed E-state index contributed by atoms with van der Waals surface area (Å²) in [6.45, 7) is 2.40. The van der Waals surface area contributed by atoms with E-state index < -0.39 is 25.3 Å². The molecule has 156 valence electrons. The van der Waals surface area contributed by atoms with Crippen molar-refractivity contribution in [3.05, 3.63) is 48.0 Å². The van der Waals surface area contributed by atoms with Crippen LogP contribution in [0, 0.1) is 0 Å². The number of para-hydroxylation sites is 1. The number of hydrogen-bond acceptors (Lipinski definition) is 6. The van der Waals surface area contributed by atoms with Gasteiger partial charge in [0.25, 0.3) is 0 Å². The number of rotatable bonds is 4. The monoisotopic (exact) mass is 453 g/mol. The smallest absolute Gasteiger partial charge is 0.220 e. The molecule has 2 aromatic rings. The molecule has 10 heteroatoms. The molecule has 2 aromatic carbocycles. The van der Waals surface area contributed by atoms with Crippen molar-refractivity contribution in [3.63, 3.8) is 0 Å². The number of fused-ring (bicyclic) bond motifs is 2. The summed E-state index contributed by atoms with van der Waals surface area (Å²) in [6.07, 6.45) is 1.15. The highest BCUT2D eigenvalue weighted by atomic mass is 32.2.